The molecule has 0 unspecified atom stereocenters. The van der Waals surface area contributed by atoms with Crippen molar-refractivity contribution in [2.75, 3.05) is 6.61 Å². The van der Waals surface area contributed by atoms with Crippen LogP contribution < -0.4 is 10.2 Å². The van der Waals surface area contributed by atoms with E-state index < -0.39 is 10.8 Å². The first-order valence-corrected chi connectivity index (χ1v) is 7.96. The Balaban J connectivity index is 1.45. The van der Waals surface area contributed by atoms with Gasteiger partial charge in [0.1, 0.15) is 16.4 Å². The number of carbonyl (C=O) groups is 1. The van der Waals surface area contributed by atoms with E-state index in [0.29, 0.717) is 11.5 Å². The molecule has 0 aliphatic carbocycles. The molecule has 1 aromatic heterocycles. The Hall–Kier alpha value is -3.94. The number of nitrogens with zero attached hydrogens (tertiary/aromatic N) is 2. The predicted molar refractivity (Wildman–Crippen MR) is 100 cm³/mol. The first kappa shape index (κ1) is 17.9. The van der Waals surface area contributed by atoms with E-state index in [0.717, 1.165) is 10.8 Å². The largest absolute Gasteiger partial charge is 0.484 e. The Morgan fingerprint density at radius 3 is 2.78 bits per heavy atom. The Bertz CT molecular complexity index is 1020. The Labute approximate surface area is 153 Å². The third kappa shape index (κ3) is 5.02. The lowest BCUT2D eigenvalue weighted by molar-refractivity contribution is -0.402. The Kier molecular flexibility index (Phi) is 5.58. The molecule has 3 aromatic rings. The number of nitro groups is 1. The summed E-state index contributed by atoms with van der Waals surface area (Å²) in [5.41, 5.74) is 2.32. The summed E-state index contributed by atoms with van der Waals surface area (Å²) in [4.78, 5) is 21.6. The van der Waals surface area contributed by atoms with Crippen LogP contribution in [0.3, 0.4) is 0 Å². The number of ether oxygens (including phenoxy) is 1. The molecule has 0 spiro atoms. The van der Waals surface area contributed by atoms with Gasteiger partial charge in [-0.05, 0) is 41.1 Å². The highest BCUT2D eigenvalue weighted by Crippen LogP contribution is 2.20. The summed E-state index contributed by atoms with van der Waals surface area (Å²) in [7, 11) is 0. The van der Waals surface area contributed by atoms with Crippen LogP contribution in [0.2, 0.25) is 0 Å². The highest BCUT2D eigenvalue weighted by Gasteiger charge is 2.09. The van der Waals surface area contributed by atoms with Crippen LogP contribution in [-0.2, 0) is 4.79 Å². The molecule has 2 aromatic carbocycles. The average Bonchev–Trinajstić information content (AvgIpc) is 3.15. The molecule has 0 aliphatic rings. The van der Waals surface area contributed by atoms with Gasteiger partial charge in [-0.3, -0.25) is 14.9 Å². The highest BCUT2D eigenvalue weighted by molar-refractivity contribution is 5.84. The second-order valence-corrected chi connectivity index (χ2v) is 5.40. The standard InChI is InChI=1S/C19H15N3O5/c23-18(13-26-17-8-7-14-4-1-2-5-15(14)12-17)21-20-11-3-6-16-9-10-19(27-16)22(24)25/h1-12H,13H2,(H,21,23)/b6-3+,20-11-. The summed E-state index contributed by atoms with van der Waals surface area (Å²) < 4.78 is 10.4. The molecule has 3 rings (SSSR count). The number of fused-ring (bicyclic) bond motifs is 1. The summed E-state index contributed by atoms with van der Waals surface area (Å²) in [6.45, 7) is -0.177. The number of hydrazone groups is 1. The van der Waals surface area contributed by atoms with E-state index in [2.05, 4.69) is 10.5 Å². The molecule has 0 bridgehead atoms. The van der Waals surface area contributed by atoms with E-state index in [4.69, 9.17) is 9.15 Å². The normalized spacial score (nSPS) is 11.3. The molecular weight excluding hydrogens is 350 g/mol. The molecule has 8 heteroatoms. The van der Waals surface area contributed by atoms with Crippen LogP contribution in [-0.4, -0.2) is 23.7 Å². The van der Waals surface area contributed by atoms with E-state index in [1.54, 1.807) is 6.07 Å². The van der Waals surface area contributed by atoms with Gasteiger partial charge in [0.15, 0.2) is 6.61 Å². The van der Waals surface area contributed by atoms with E-state index in [-0.39, 0.29) is 12.5 Å². The topological polar surface area (TPSA) is 107 Å². The maximum Gasteiger partial charge on any atom is 0.433 e. The van der Waals surface area contributed by atoms with Crippen LogP contribution in [0.25, 0.3) is 16.8 Å². The van der Waals surface area contributed by atoms with Crippen LogP contribution in [0.4, 0.5) is 5.88 Å². The number of furan rings is 1. The molecule has 1 N–H and O–H groups in total. The zero-order chi connectivity index (χ0) is 19.1. The van der Waals surface area contributed by atoms with E-state index in [1.807, 2.05) is 36.4 Å². The van der Waals surface area contributed by atoms with E-state index in [1.165, 1.54) is 30.5 Å². The molecule has 1 heterocycles. The van der Waals surface area contributed by atoms with Crippen molar-refractivity contribution in [2.45, 2.75) is 0 Å². The van der Waals surface area contributed by atoms with Crippen molar-refractivity contribution in [2.24, 2.45) is 5.10 Å². The van der Waals surface area contributed by atoms with Crippen molar-refractivity contribution in [1.29, 1.82) is 0 Å². The van der Waals surface area contributed by atoms with Gasteiger partial charge >= 0.3 is 5.88 Å². The maximum absolute atomic E-state index is 11.7. The smallest absolute Gasteiger partial charge is 0.433 e. The number of hydrogen-bond acceptors (Lipinski definition) is 6. The molecule has 1 amide bonds. The van der Waals surface area contributed by atoms with Gasteiger partial charge in [0.25, 0.3) is 5.91 Å². The number of hydrogen-bond donors (Lipinski definition) is 1. The summed E-state index contributed by atoms with van der Waals surface area (Å²) in [5, 5.41) is 16.3. The summed E-state index contributed by atoms with van der Waals surface area (Å²) in [5.74, 6) is 0.137. The molecule has 0 saturated heterocycles. The molecule has 136 valence electrons. The van der Waals surface area contributed by atoms with E-state index in [9.17, 15) is 14.9 Å². The van der Waals surface area contributed by atoms with Gasteiger partial charge in [0.05, 0.1) is 6.07 Å². The fourth-order valence-corrected chi connectivity index (χ4v) is 2.26. The fourth-order valence-electron chi connectivity index (χ4n) is 2.26. The van der Waals surface area contributed by atoms with Crippen LogP contribution in [0.5, 0.6) is 5.75 Å². The third-order valence-corrected chi connectivity index (χ3v) is 3.49. The number of nitrogens with one attached hydrogen (secondary N) is 1. The number of allylic oxidation sites excluding steroid dienone is 1. The van der Waals surface area contributed by atoms with Crippen LogP contribution >= 0.6 is 0 Å². The number of carbonyl (C=O) groups excluding carboxylic acids is 1. The van der Waals surface area contributed by atoms with Gasteiger partial charge in [-0.2, -0.15) is 5.10 Å². The second-order valence-electron chi connectivity index (χ2n) is 5.40. The molecule has 8 nitrogen and oxygen atoms in total. The van der Waals surface area contributed by atoms with Crippen molar-refractivity contribution in [3.8, 4) is 5.75 Å². The SMILES string of the molecule is O=C(COc1ccc2ccccc2c1)N/N=C\C=C\c1ccc([N+](=O)[O-])o1. The fraction of sp³-hybridized carbons (Fsp3) is 0.0526. The number of benzene rings is 2. The number of rotatable bonds is 7. The van der Waals surface area contributed by atoms with Gasteiger partial charge in [0, 0.05) is 6.21 Å². The predicted octanol–water partition coefficient (Wildman–Crippen LogP) is 3.54. The molecule has 0 atom stereocenters. The van der Waals surface area contributed by atoms with Crippen molar-refractivity contribution < 1.29 is 18.9 Å². The molecule has 0 aliphatic heterocycles. The van der Waals surface area contributed by atoms with Crippen molar-refractivity contribution in [3.05, 3.63) is 76.5 Å². The Morgan fingerprint density at radius 2 is 2.00 bits per heavy atom. The highest BCUT2D eigenvalue weighted by atomic mass is 16.6. The molecule has 0 saturated carbocycles. The zero-order valence-corrected chi connectivity index (χ0v) is 14.1. The minimum absolute atomic E-state index is 0.177. The second kappa shape index (κ2) is 8.43. The van der Waals surface area contributed by atoms with E-state index >= 15 is 0 Å². The molecule has 27 heavy (non-hydrogen) atoms. The molecule has 0 fully saturated rings. The summed E-state index contributed by atoms with van der Waals surface area (Å²) in [6, 6.07) is 16.1. The molecule has 0 radical (unpaired) electrons. The third-order valence-electron chi connectivity index (χ3n) is 3.49. The lowest BCUT2D eigenvalue weighted by Gasteiger charge is -2.06. The monoisotopic (exact) mass is 365 g/mol. The van der Waals surface area contributed by atoms with Gasteiger partial charge in [-0.1, -0.05) is 30.3 Å². The van der Waals surface area contributed by atoms with Crippen molar-refractivity contribution in [3.63, 3.8) is 0 Å². The first-order valence-electron chi connectivity index (χ1n) is 7.96. The van der Waals surface area contributed by atoms with Crippen LogP contribution in [0.1, 0.15) is 5.76 Å². The minimum atomic E-state index is -0.624. The summed E-state index contributed by atoms with van der Waals surface area (Å²) >= 11 is 0. The quantitative estimate of drug-likeness (QED) is 0.391. The van der Waals surface area contributed by atoms with Crippen molar-refractivity contribution >= 4 is 34.9 Å². The minimum Gasteiger partial charge on any atom is -0.484 e. The van der Waals surface area contributed by atoms with Gasteiger partial charge < -0.3 is 9.15 Å². The molecular formula is C19H15N3O5. The lowest BCUT2D eigenvalue weighted by Crippen LogP contribution is -2.24. The zero-order valence-electron chi connectivity index (χ0n) is 14.1. The van der Waals surface area contributed by atoms with Gasteiger partial charge in [-0.15, -0.1) is 0 Å². The van der Waals surface area contributed by atoms with Crippen molar-refractivity contribution in [1.82, 2.24) is 5.43 Å². The first-order chi connectivity index (χ1) is 13.1. The van der Waals surface area contributed by atoms with Crippen LogP contribution in [0.15, 0.2) is 70.2 Å². The average molecular weight is 365 g/mol. The van der Waals surface area contributed by atoms with Gasteiger partial charge in [0.2, 0.25) is 0 Å². The maximum atomic E-state index is 11.7. The Morgan fingerprint density at radius 1 is 1.19 bits per heavy atom. The summed E-state index contributed by atoms with van der Waals surface area (Å²) in [6.07, 6.45) is 4.28. The number of amides is 1. The van der Waals surface area contributed by atoms with Gasteiger partial charge in [-0.25, -0.2) is 5.43 Å². The van der Waals surface area contributed by atoms with Crippen LogP contribution in [0, 0.1) is 10.1 Å². The lowest BCUT2D eigenvalue weighted by atomic mass is 10.1.